The molecule has 4 aromatic rings. The van der Waals surface area contributed by atoms with Crippen LogP contribution in [0.3, 0.4) is 0 Å². The zero-order valence-electron chi connectivity index (χ0n) is 26.3. The van der Waals surface area contributed by atoms with Gasteiger partial charge in [-0.2, -0.15) is 0 Å². The second-order valence-electron chi connectivity index (χ2n) is 11.5. The Balaban J connectivity index is 1.30. The van der Waals surface area contributed by atoms with Gasteiger partial charge < -0.3 is 39.0 Å². The van der Waals surface area contributed by atoms with Crippen LogP contribution in [0.25, 0.3) is 11.1 Å². The Morgan fingerprint density at radius 2 is 1.04 bits per heavy atom. The minimum atomic E-state index is -0.784. The molecule has 0 aliphatic heterocycles. The molecule has 0 radical (unpaired) electrons. The van der Waals surface area contributed by atoms with E-state index in [0.29, 0.717) is 45.4 Å². The molecule has 46 heavy (non-hydrogen) atoms. The predicted octanol–water partition coefficient (Wildman–Crippen LogP) is 4.84. The molecule has 0 fully saturated rings. The monoisotopic (exact) mass is 628 g/mol. The van der Waals surface area contributed by atoms with Crippen LogP contribution in [0.5, 0.6) is 11.5 Å². The van der Waals surface area contributed by atoms with E-state index in [0.717, 1.165) is 16.9 Å². The van der Waals surface area contributed by atoms with Crippen LogP contribution < -0.4 is 9.47 Å². The second kappa shape index (κ2) is 16.7. The average Bonchev–Trinajstić information content (AvgIpc) is 3.40. The summed E-state index contributed by atoms with van der Waals surface area (Å²) in [4.78, 5) is 0. The number of benzene rings is 4. The Bertz CT molecular complexity index is 1440. The molecule has 0 saturated carbocycles. The molecule has 244 valence electrons. The quantitative estimate of drug-likeness (QED) is 0.112. The van der Waals surface area contributed by atoms with Crippen LogP contribution in [0.2, 0.25) is 0 Å². The molecular weight excluding hydrogens is 584 g/mol. The van der Waals surface area contributed by atoms with E-state index in [1.165, 1.54) is 22.3 Å². The third-order valence-electron chi connectivity index (χ3n) is 8.11. The fourth-order valence-electron chi connectivity index (χ4n) is 5.88. The highest BCUT2D eigenvalue weighted by atomic mass is 16.5. The van der Waals surface area contributed by atoms with E-state index in [1.54, 1.807) is 0 Å². The van der Waals surface area contributed by atoms with Crippen LogP contribution in [0.15, 0.2) is 97.1 Å². The second-order valence-corrected chi connectivity index (χ2v) is 11.5. The van der Waals surface area contributed by atoms with Crippen LogP contribution in [0, 0.1) is 5.92 Å². The maximum Gasteiger partial charge on any atom is 0.119 e. The lowest BCUT2D eigenvalue weighted by Gasteiger charge is -2.34. The molecule has 0 bridgehead atoms. The van der Waals surface area contributed by atoms with E-state index in [4.69, 9.17) is 28.8 Å². The van der Waals surface area contributed by atoms with Crippen molar-refractivity contribution in [3.8, 4) is 22.6 Å². The van der Waals surface area contributed by atoms with Crippen LogP contribution >= 0.6 is 0 Å². The summed E-state index contributed by atoms with van der Waals surface area (Å²) in [6, 6.07) is 33.5. The summed E-state index contributed by atoms with van der Waals surface area (Å²) in [5, 5.41) is 28.5. The molecule has 0 aromatic heterocycles. The fourth-order valence-corrected chi connectivity index (χ4v) is 5.88. The molecule has 0 amide bonds. The Morgan fingerprint density at radius 1 is 0.565 bits per heavy atom. The summed E-state index contributed by atoms with van der Waals surface area (Å²) in [5.41, 5.74) is 6.51. The number of fused-ring (bicyclic) bond motifs is 3. The first-order valence-corrected chi connectivity index (χ1v) is 15.9. The zero-order chi connectivity index (χ0) is 32.2. The molecule has 1 aliphatic rings. The van der Waals surface area contributed by atoms with Crippen molar-refractivity contribution in [3.63, 3.8) is 0 Å². The molecular formula is C38H44O8. The molecule has 0 saturated heterocycles. The first-order chi connectivity index (χ1) is 22.6. The first kappa shape index (κ1) is 33.6. The lowest BCUT2D eigenvalue weighted by molar-refractivity contribution is -0.0217. The summed E-state index contributed by atoms with van der Waals surface area (Å²) >= 11 is 0. The largest absolute Gasteiger partial charge is 0.493 e. The van der Waals surface area contributed by atoms with Gasteiger partial charge >= 0.3 is 0 Å². The van der Waals surface area contributed by atoms with Gasteiger partial charge in [-0.25, -0.2) is 0 Å². The van der Waals surface area contributed by atoms with Gasteiger partial charge in [0.05, 0.1) is 58.3 Å². The van der Waals surface area contributed by atoms with Crippen LogP contribution in [-0.2, 0) is 19.6 Å². The lowest BCUT2D eigenvalue weighted by atomic mass is 9.68. The maximum absolute atomic E-state index is 10.4. The number of aliphatic hydroxyl groups is 3. The lowest BCUT2D eigenvalue weighted by Crippen LogP contribution is -2.28. The minimum absolute atomic E-state index is 0.00504. The number of rotatable bonds is 19. The van der Waals surface area contributed by atoms with Crippen LogP contribution in [-0.4, -0.2) is 87.5 Å². The standard InChI is InChI=1S/C38H44O8/c1-28(24-40)25-45-32-14-10-29(11-15-32)38(36-8-4-2-6-34(36)35-7-3-5-9-37(35)38)30-12-16-33(17-13-30)46-27-31(41)26-44-23-22-43-21-20-42-19-18-39/h2-17,28,31,39-41H,18-27H2,1H3. The number of hydrogen-bond donors (Lipinski definition) is 3. The van der Waals surface area contributed by atoms with Gasteiger partial charge in [0.2, 0.25) is 0 Å². The molecule has 8 nitrogen and oxygen atoms in total. The molecule has 0 heterocycles. The third-order valence-corrected chi connectivity index (χ3v) is 8.11. The van der Waals surface area contributed by atoms with Gasteiger partial charge in [-0.3, -0.25) is 0 Å². The van der Waals surface area contributed by atoms with Crippen molar-refractivity contribution in [2.75, 3.05) is 66.1 Å². The van der Waals surface area contributed by atoms with Gasteiger partial charge in [-0.15, -0.1) is 0 Å². The van der Waals surface area contributed by atoms with Crippen molar-refractivity contribution in [1.29, 1.82) is 0 Å². The third kappa shape index (κ3) is 7.78. The molecule has 2 atom stereocenters. The average molecular weight is 629 g/mol. The van der Waals surface area contributed by atoms with Gasteiger partial charge in [-0.1, -0.05) is 79.7 Å². The first-order valence-electron chi connectivity index (χ1n) is 15.9. The van der Waals surface area contributed by atoms with Crippen LogP contribution in [0.1, 0.15) is 29.2 Å². The van der Waals surface area contributed by atoms with Crippen molar-refractivity contribution >= 4 is 0 Å². The maximum atomic E-state index is 10.4. The molecule has 5 rings (SSSR count). The van der Waals surface area contributed by atoms with E-state index < -0.39 is 11.5 Å². The van der Waals surface area contributed by atoms with Gasteiger partial charge in [0, 0.05) is 12.5 Å². The number of ether oxygens (including phenoxy) is 5. The topological polar surface area (TPSA) is 107 Å². The molecule has 0 spiro atoms. The van der Waals surface area contributed by atoms with E-state index >= 15 is 0 Å². The van der Waals surface area contributed by atoms with Crippen molar-refractivity contribution in [2.24, 2.45) is 5.92 Å². The Labute approximate surface area is 271 Å². The SMILES string of the molecule is CC(CO)COc1ccc(C2(c3ccc(OCC(O)COCCOCCOCCO)cc3)c3ccccc3-c3ccccc32)cc1. The van der Waals surface area contributed by atoms with Crippen LogP contribution in [0.4, 0.5) is 0 Å². The summed E-state index contributed by atoms with van der Waals surface area (Å²) in [6.07, 6.45) is -0.784. The number of hydrogen-bond acceptors (Lipinski definition) is 8. The summed E-state index contributed by atoms with van der Waals surface area (Å²) < 4.78 is 27.9. The Kier molecular flexibility index (Phi) is 12.2. The molecule has 8 heteroatoms. The zero-order valence-corrected chi connectivity index (χ0v) is 26.3. The summed E-state index contributed by atoms with van der Waals surface area (Å²) in [6.45, 7) is 4.61. The normalized spacial score (nSPS) is 14.3. The number of aliphatic hydroxyl groups excluding tert-OH is 3. The molecule has 3 N–H and O–H groups in total. The van der Waals surface area contributed by atoms with Gasteiger partial charge in [0.25, 0.3) is 0 Å². The molecule has 2 unspecified atom stereocenters. The smallest absolute Gasteiger partial charge is 0.119 e. The van der Waals surface area contributed by atoms with Crippen molar-refractivity contribution in [2.45, 2.75) is 18.4 Å². The minimum Gasteiger partial charge on any atom is -0.493 e. The van der Waals surface area contributed by atoms with E-state index in [1.807, 2.05) is 31.2 Å². The van der Waals surface area contributed by atoms with Gasteiger partial charge in [0.1, 0.15) is 24.2 Å². The molecule has 1 aliphatic carbocycles. The van der Waals surface area contributed by atoms with E-state index in [9.17, 15) is 10.2 Å². The van der Waals surface area contributed by atoms with Gasteiger partial charge in [-0.05, 0) is 57.6 Å². The summed E-state index contributed by atoms with van der Waals surface area (Å²) in [5.74, 6) is 1.48. The van der Waals surface area contributed by atoms with Crippen molar-refractivity contribution < 1.29 is 39.0 Å². The highest BCUT2D eigenvalue weighted by molar-refractivity contribution is 5.86. The van der Waals surface area contributed by atoms with E-state index in [-0.39, 0.29) is 32.3 Å². The fraction of sp³-hybridized carbons (Fsp3) is 0.368. The molecule has 4 aromatic carbocycles. The Hall–Kier alpha value is -3.76. The predicted molar refractivity (Wildman–Crippen MR) is 177 cm³/mol. The van der Waals surface area contributed by atoms with Crippen molar-refractivity contribution in [3.05, 3.63) is 119 Å². The Morgan fingerprint density at radius 3 is 1.57 bits per heavy atom. The van der Waals surface area contributed by atoms with Gasteiger partial charge in [0.15, 0.2) is 0 Å². The highest BCUT2D eigenvalue weighted by Crippen LogP contribution is 2.56. The van der Waals surface area contributed by atoms with E-state index in [2.05, 4.69) is 72.8 Å². The highest BCUT2D eigenvalue weighted by Gasteiger charge is 2.45. The summed E-state index contributed by atoms with van der Waals surface area (Å²) in [7, 11) is 0. The van der Waals surface area contributed by atoms with Crippen molar-refractivity contribution in [1.82, 2.24) is 0 Å².